The SMILES string of the molecule is CCC(C(=O)O)C1=CCCC=C1C(C)O. The molecular weight excluding hydrogens is 192 g/mol. The summed E-state index contributed by atoms with van der Waals surface area (Å²) in [6.07, 6.45) is 5.64. The van der Waals surface area contributed by atoms with Crippen LogP contribution in [0.5, 0.6) is 0 Å². The van der Waals surface area contributed by atoms with E-state index in [0.29, 0.717) is 6.42 Å². The molecule has 84 valence electrons. The number of aliphatic hydroxyl groups is 1. The van der Waals surface area contributed by atoms with Crippen molar-refractivity contribution in [1.29, 1.82) is 0 Å². The molecule has 1 rings (SSSR count). The van der Waals surface area contributed by atoms with E-state index in [1.165, 1.54) is 0 Å². The number of carboxylic acid groups (broad SMARTS) is 1. The summed E-state index contributed by atoms with van der Waals surface area (Å²) in [5.41, 5.74) is 1.58. The molecule has 1 aliphatic carbocycles. The maximum atomic E-state index is 11.0. The Morgan fingerprint density at radius 3 is 2.33 bits per heavy atom. The van der Waals surface area contributed by atoms with Gasteiger partial charge in [-0.25, -0.2) is 0 Å². The van der Waals surface area contributed by atoms with E-state index in [4.69, 9.17) is 5.11 Å². The third-order valence-corrected chi connectivity index (χ3v) is 2.76. The summed E-state index contributed by atoms with van der Waals surface area (Å²) in [7, 11) is 0. The summed E-state index contributed by atoms with van der Waals surface area (Å²) >= 11 is 0. The summed E-state index contributed by atoms with van der Waals surface area (Å²) in [5, 5.41) is 18.6. The van der Waals surface area contributed by atoms with Crippen molar-refractivity contribution in [2.24, 2.45) is 5.92 Å². The molecule has 0 aromatic carbocycles. The summed E-state index contributed by atoms with van der Waals surface area (Å²) in [4.78, 5) is 11.0. The normalized spacial score (nSPS) is 20.2. The second kappa shape index (κ2) is 5.12. The number of aliphatic carboxylic acids is 1. The first kappa shape index (κ1) is 12.0. The van der Waals surface area contributed by atoms with Crippen molar-refractivity contribution in [1.82, 2.24) is 0 Å². The van der Waals surface area contributed by atoms with Gasteiger partial charge in [-0.1, -0.05) is 19.1 Å². The van der Waals surface area contributed by atoms with Crippen LogP contribution in [-0.4, -0.2) is 22.3 Å². The highest BCUT2D eigenvalue weighted by atomic mass is 16.4. The Bertz CT molecular complexity index is 300. The monoisotopic (exact) mass is 210 g/mol. The summed E-state index contributed by atoms with van der Waals surface area (Å²) in [6.45, 7) is 3.54. The molecule has 0 amide bonds. The minimum Gasteiger partial charge on any atom is -0.481 e. The second-order valence-corrected chi connectivity index (χ2v) is 3.87. The molecule has 0 radical (unpaired) electrons. The van der Waals surface area contributed by atoms with Gasteiger partial charge in [-0.15, -0.1) is 0 Å². The van der Waals surface area contributed by atoms with Crippen molar-refractivity contribution in [3.63, 3.8) is 0 Å². The van der Waals surface area contributed by atoms with E-state index in [1.54, 1.807) is 6.92 Å². The number of hydrogen-bond acceptors (Lipinski definition) is 2. The minimum absolute atomic E-state index is 0.480. The molecule has 1 aliphatic rings. The van der Waals surface area contributed by atoms with Gasteiger partial charge in [0.1, 0.15) is 0 Å². The molecule has 3 nitrogen and oxygen atoms in total. The van der Waals surface area contributed by atoms with Gasteiger partial charge in [0.2, 0.25) is 0 Å². The van der Waals surface area contributed by atoms with Crippen molar-refractivity contribution in [3.8, 4) is 0 Å². The van der Waals surface area contributed by atoms with Gasteiger partial charge in [0.05, 0.1) is 12.0 Å². The molecule has 0 bridgehead atoms. The molecule has 3 heteroatoms. The Balaban J connectivity index is 2.95. The van der Waals surface area contributed by atoms with Gasteiger partial charge in [0.15, 0.2) is 0 Å². The fraction of sp³-hybridized carbons (Fsp3) is 0.583. The Morgan fingerprint density at radius 1 is 1.40 bits per heavy atom. The molecule has 0 aromatic rings. The van der Waals surface area contributed by atoms with Gasteiger partial charge in [-0.3, -0.25) is 4.79 Å². The first-order valence-corrected chi connectivity index (χ1v) is 5.39. The number of hydrogen-bond donors (Lipinski definition) is 2. The fourth-order valence-electron chi connectivity index (χ4n) is 2.00. The second-order valence-electron chi connectivity index (χ2n) is 3.87. The molecule has 0 saturated heterocycles. The van der Waals surface area contributed by atoms with Crippen molar-refractivity contribution in [2.45, 2.75) is 39.2 Å². The Hall–Kier alpha value is -1.09. The molecule has 2 atom stereocenters. The van der Waals surface area contributed by atoms with Crippen LogP contribution in [0.15, 0.2) is 23.3 Å². The van der Waals surface area contributed by atoms with E-state index in [9.17, 15) is 9.90 Å². The van der Waals surface area contributed by atoms with Crippen molar-refractivity contribution < 1.29 is 15.0 Å². The van der Waals surface area contributed by atoms with Crippen LogP contribution in [0.1, 0.15) is 33.1 Å². The van der Waals surface area contributed by atoms with E-state index >= 15 is 0 Å². The molecule has 0 saturated carbocycles. The average molecular weight is 210 g/mol. The van der Waals surface area contributed by atoms with Crippen LogP contribution in [0.4, 0.5) is 0 Å². The molecule has 0 aliphatic heterocycles. The third kappa shape index (κ3) is 2.69. The van der Waals surface area contributed by atoms with Crippen LogP contribution in [0.2, 0.25) is 0 Å². The predicted octanol–water partition coefficient (Wildman–Crippen LogP) is 2.12. The molecule has 15 heavy (non-hydrogen) atoms. The Morgan fingerprint density at radius 2 is 1.93 bits per heavy atom. The summed E-state index contributed by atoms with van der Waals surface area (Å²) < 4.78 is 0. The van der Waals surface area contributed by atoms with Gasteiger partial charge in [-0.2, -0.15) is 0 Å². The van der Waals surface area contributed by atoms with Crippen LogP contribution in [0.3, 0.4) is 0 Å². The van der Waals surface area contributed by atoms with Gasteiger partial charge < -0.3 is 10.2 Å². The van der Waals surface area contributed by atoms with E-state index in [2.05, 4.69) is 0 Å². The van der Waals surface area contributed by atoms with Crippen molar-refractivity contribution >= 4 is 5.97 Å². The zero-order chi connectivity index (χ0) is 11.4. The summed E-state index contributed by atoms with van der Waals surface area (Å²) in [5.74, 6) is -1.29. The van der Waals surface area contributed by atoms with E-state index in [-0.39, 0.29) is 0 Å². The van der Waals surface area contributed by atoms with Crippen molar-refractivity contribution in [2.75, 3.05) is 0 Å². The van der Waals surface area contributed by atoms with E-state index in [0.717, 1.165) is 24.0 Å². The third-order valence-electron chi connectivity index (χ3n) is 2.76. The Kier molecular flexibility index (Phi) is 4.09. The number of carboxylic acids is 1. The maximum Gasteiger partial charge on any atom is 0.310 e. The lowest BCUT2D eigenvalue weighted by Gasteiger charge is -2.23. The molecule has 0 fully saturated rings. The molecule has 2 N–H and O–H groups in total. The first-order chi connectivity index (χ1) is 7.07. The smallest absolute Gasteiger partial charge is 0.310 e. The zero-order valence-electron chi connectivity index (χ0n) is 9.23. The lowest BCUT2D eigenvalue weighted by molar-refractivity contribution is -0.140. The molecule has 0 aromatic heterocycles. The van der Waals surface area contributed by atoms with Gasteiger partial charge in [0.25, 0.3) is 0 Å². The van der Waals surface area contributed by atoms with E-state index < -0.39 is 18.0 Å². The highest BCUT2D eigenvalue weighted by Crippen LogP contribution is 2.30. The Labute approximate surface area is 90.1 Å². The van der Waals surface area contributed by atoms with Gasteiger partial charge >= 0.3 is 5.97 Å². The summed E-state index contributed by atoms with van der Waals surface area (Å²) in [6, 6.07) is 0. The number of rotatable bonds is 4. The maximum absolute atomic E-state index is 11.0. The molecule has 0 spiro atoms. The van der Waals surface area contributed by atoms with Crippen molar-refractivity contribution in [3.05, 3.63) is 23.3 Å². The topological polar surface area (TPSA) is 57.5 Å². The van der Waals surface area contributed by atoms with Crippen LogP contribution in [0, 0.1) is 5.92 Å². The lowest BCUT2D eigenvalue weighted by atomic mass is 9.84. The fourth-order valence-corrected chi connectivity index (χ4v) is 2.00. The van der Waals surface area contributed by atoms with Crippen LogP contribution >= 0.6 is 0 Å². The van der Waals surface area contributed by atoms with Crippen LogP contribution in [0.25, 0.3) is 0 Å². The standard InChI is InChI=1S/C12H18O3/c1-3-9(12(14)15)11-7-5-4-6-10(11)8(2)13/h6-9,13H,3-5H2,1-2H3,(H,14,15). The molecular formula is C12H18O3. The number of carbonyl (C=O) groups is 1. The molecule has 0 heterocycles. The van der Waals surface area contributed by atoms with E-state index in [1.807, 2.05) is 19.1 Å². The highest BCUT2D eigenvalue weighted by Gasteiger charge is 2.25. The van der Waals surface area contributed by atoms with Gasteiger partial charge in [-0.05, 0) is 37.3 Å². The first-order valence-electron chi connectivity index (χ1n) is 5.39. The largest absolute Gasteiger partial charge is 0.481 e. The van der Waals surface area contributed by atoms with Crippen LogP contribution < -0.4 is 0 Å². The quantitative estimate of drug-likeness (QED) is 0.747. The zero-order valence-corrected chi connectivity index (χ0v) is 9.23. The number of aliphatic hydroxyl groups excluding tert-OH is 1. The minimum atomic E-state index is -0.808. The number of allylic oxidation sites excluding steroid dienone is 2. The van der Waals surface area contributed by atoms with Gasteiger partial charge in [0, 0.05) is 0 Å². The van der Waals surface area contributed by atoms with Crippen LogP contribution in [-0.2, 0) is 4.79 Å². The predicted molar refractivity (Wildman–Crippen MR) is 58.5 cm³/mol. The lowest BCUT2D eigenvalue weighted by Crippen LogP contribution is -2.21. The molecule has 2 unspecified atom stereocenters. The average Bonchev–Trinajstić information content (AvgIpc) is 2.18. The highest BCUT2D eigenvalue weighted by molar-refractivity contribution is 5.75.